The number of amides is 1. The van der Waals surface area contributed by atoms with Gasteiger partial charge in [0.05, 0.1) is 6.54 Å². The molecule has 0 heterocycles. The predicted octanol–water partition coefficient (Wildman–Crippen LogP) is 2.21. The van der Waals surface area contributed by atoms with Crippen molar-refractivity contribution in [2.24, 2.45) is 11.7 Å². The molecule has 0 saturated heterocycles. The Kier molecular flexibility index (Phi) is 7.09. The Bertz CT molecular complexity index is 403. The van der Waals surface area contributed by atoms with Crippen molar-refractivity contribution in [2.75, 3.05) is 26.7 Å². The van der Waals surface area contributed by atoms with Crippen molar-refractivity contribution >= 4 is 5.91 Å². The first-order valence-corrected chi connectivity index (χ1v) is 7.16. The second-order valence-electron chi connectivity index (χ2n) is 5.36. The number of hydrogen-bond acceptors (Lipinski definition) is 3. The second-order valence-corrected chi connectivity index (χ2v) is 5.36. The van der Waals surface area contributed by atoms with E-state index in [0.29, 0.717) is 32.0 Å². The van der Waals surface area contributed by atoms with Crippen LogP contribution in [0.4, 0.5) is 0 Å². The zero-order valence-corrected chi connectivity index (χ0v) is 12.8. The van der Waals surface area contributed by atoms with E-state index in [1.165, 1.54) is 5.56 Å². The predicted molar refractivity (Wildman–Crippen MR) is 81.8 cm³/mol. The van der Waals surface area contributed by atoms with Gasteiger partial charge in [0.2, 0.25) is 5.91 Å². The molecule has 0 bridgehead atoms. The summed E-state index contributed by atoms with van der Waals surface area (Å²) < 4.78 is 5.61. The van der Waals surface area contributed by atoms with Gasteiger partial charge in [-0.25, -0.2) is 0 Å². The summed E-state index contributed by atoms with van der Waals surface area (Å²) in [6.07, 6.45) is 1.40. The van der Waals surface area contributed by atoms with E-state index in [0.717, 1.165) is 12.2 Å². The van der Waals surface area contributed by atoms with Crippen LogP contribution >= 0.6 is 0 Å². The molecule has 1 amide bonds. The molecule has 20 heavy (non-hydrogen) atoms. The molecule has 4 heteroatoms. The van der Waals surface area contributed by atoms with Crippen molar-refractivity contribution in [2.45, 2.75) is 26.7 Å². The minimum absolute atomic E-state index is 0.151. The Morgan fingerprint density at radius 3 is 2.60 bits per heavy atom. The standard InChI is InChI=1S/C16H26N2O2/c1-13-4-7-15(8-5-13)20-11-10-18(3)16(19)9-6-14(2)12-17/h4-5,7-8,14H,6,9-12,17H2,1-3H3. The maximum absolute atomic E-state index is 11.9. The van der Waals surface area contributed by atoms with Gasteiger partial charge in [0.15, 0.2) is 0 Å². The number of likely N-dealkylation sites (N-methyl/N-ethyl adjacent to an activating group) is 1. The number of hydrogen-bond donors (Lipinski definition) is 1. The first kappa shape index (κ1) is 16.5. The largest absolute Gasteiger partial charge is 0.492 e. The molecule has 0 aliphatic rings. The average Bonchev–Trinajstić information content (AvgIpc) is 2.46. The summed E-state index contributed by atoms with van der Waals surface area (Å²) >= 11 is 0. The Labute approximate surface area is 121 Å². The van der Waals surface area contributed by atoms with Gasteiger partial charge in [-0.1, -0.05) is 24.6 Å². The quantitative estimate of drug-likeness (QED) is 0.793. The minimum atomic E-state index is 0.151. The molecule has 112 valence electrons. The molecule has 1 aromatic rings. The highest BCUT2D eigenvalue weighted by Crippen LogP contribution is 2.11. The van der Waals surface area contributed by atoms with Gasteiger partial charge in [-0.05, 0) is 37.9 Å². The molecule has 0 fully saturated rings. The first-order chi connectivity index (χ1) is 9.52. The number of benzene rings is 1. The lowest BCUT2D eigenvalue weighted by Crippen LogP contribution is -2.31. The van der Waals surface area contributed by atoms with E-state index in [1.807, 2.05) is 38.2 Å². The maximum Gasteiger partial charge on any atom is 0.222 e. The number of nitrogens with zero attached hydrogens (tertiary/aromatic N) is 1. The molecule has 1 aromatic carbocycles. The highest BCUT2D eigenvalue weighted by atomic mass is 16.5. The zero-order valence-electron chi connectivity index (χ0n) is 12.8. The van der Waals surface area contributed by atoms with E-state index in [-0.39, 0.29) is 5.91 Å². The Morgan fingerprint density at radius 2 is 2.00 bits per heavy atom. The van der Waals surface area contributed by atoms with Crippen LogP contribution in [0, 0.1) is 12.8 Å². The van der Waals surface area contributed by atoms with Gasteiger partial charge in [-0.3, -0.25) is 4.79 Å². The summed E-state index contributed by atoms with van der Waals surface area (Å²) in [5.74, 6) is 1.39. The number of aryl methyl sites for hydroxylation is 1. The van der Waals surface area contributed by atoms with Crippen LogP contribution in [0.2, 0.25) is 0 Å². The summed E-state index contributed by atoms with van der Waals surface area (Å²) in [5, 5.41) is 0. The van der Waals surface area contributed by atoms with E-state index in [2.05, 4.69) is 6.92 Å². The van der Waals surface area contributed by atoms with Gasteiger partial charge >= 0.3 is 0 Å². The molecule has 0 aliphatic heterocycles. The monoisotopic (exact) mass is 278 g/mol. The third-order valence-electron chi connectivity index (χ3n) is 3.40. The lowest BCUT2D eigenvalue weighted by molar-refractivity contribution is -0.130. The van der Waals surface area contributed by atoms with Crippen LogP contribution in [-0.4, -0.2) is 37.6 Å². The van der Waals surface area contributed by atoms with Crippen LogP contribution in [0.1, 0.15) is 25.3 Å². The number of ether oxygens (including phenoxy) is 1. The normalized spacial score (nSPS) is 12.0. The van der Waals surface area contributed by atoms with Gasteiger partial charge in [0, 0.05) is 13.5 Å². The van der Waals surface area contributed by atoms with Gasteiger partial charge in [-0.15, -0.1) is 0 Å². The van der Waals surface area contributed by atoms with Crippen molar-refractivity contribution in [3.05, 3.63) is 29.8 Å². The van der Waals surface area contributed by atoms with Crippen LogP contribution in [0.25, 0.3) is 0 Å². The van der Waals surface area contributed by atoms with Crippen LogP contribution in [0.5, 0.6) is 5.75 Å². The molecule has 0 saturated carbocycles. The van der Waals surface area contributed by atoms with E-state index in [4.69, 9.17) is 10.5 Å². The molecule has 1 atom stereocenters. The Balaban J connectivity index is 2.23. The molecule has 0 aliphatic carbocycles. The first-order valence-electron chi connectivity index (χ1n) is 7.16. The lowest BCUT2D eigenvalue weighted by atomic mass is 10.1. The average molecular weight is 278 g/mol. The molecule has 2 N–H and O–H groups in total. The number of carbonyl (C=O) groups excluding carboxylic acids is 1. The zero-order chi connectivity index (χ0) is 15.0. The van der Waals surface area contributed by atoms with Crippen molar-refractivity contribution in [3.63, 3.8) is 0 Å². The van der Waals surface area contributed by atoms with Crippen molar-refractivity contribution in [1.82, 2.24) is 4.90 Å². The smallest absolute Gasteiger partial charge is 0.222 e. The van der Waals surface area contributed by atoms with E-state index >= 15 is 0 Å². The third kappa shape index (κ3) is 6.06. The molecule has 0 spiro atoms. The van der Waals surface area contributed by atoms with Gasteiger partial charge in [-0.2, -0.15) is 0 Å². The summed E-state index contributed by atoms with van der Waals surface area (Å²) in [5.41, 5.74) is 6.75. The molecule has 0 radical (unpaired) electrons. The van der Waals surface area contributed by atoms with Crippen molar-refractivity contribution in [3.8, 4) is 5.75 Å². The number of rotatable bonds is 8. The topological polar surface area (TPSA) is 55.6 Å². The van der Waals surface area contributed by atoms with E-state index in [1.54, 1.807) is 4.90 Å². The van der Waals surface area contributed by atoms with Gasteiger partial charge in [0.1, 0.15) is 12.4 Å². The summed E-state index contributed by atoms with van der Waals surface area (Å²) in [4.78, 5) is 13.6. The SMILES string of the molecule is Cc1ccc(OCCN(C)C(=O)CCC(C)CN)cc1. The molecule has 4 nitrogen and oxygen atoms in total. The minimum Gasteiger partial charge on any atom is -0.492 e. The number of nitrogens with two attached hydrogens (primary N) is 1. The van der Waals surface area contributed by atoms with Crippen molar-refractivity contribution < 1.29 is 9.53 Å². The fraction of sp³-hybridized carbons (Fsp3) is 0.562. The van der Waals surface area contributed by atoms with Crippen molar-refractivity contribution in [1.29, 1.82) is 0 Å². The Hall–Kier alpha value is -1.55. The third-order valence-corrected chi connectivity index (χ3v) is 3.40. The van der Waals surface area contributed by atoms with E-state index < -0.39 is 0 Å². The highest BCUT2D eigenvalue weighted by Gasteiger charge is 2.10. The summed E-state index contributed by atoms with van der Waals surface area (Å²) in [7, 11) is 1.81. The fourth-order valence-corrected chi connectivity index (χ4v) is 1.74. The van der Waals surface area contributed by atoms with Crippen LogP contribution in [0.15, 0.2) is 24.3 Å². The molecule has 0 aromatic heterocycles. The molecular formula is C16H26N2O2. The molecular weight excluding hydrogens is 252 g/mol. The van der Waals surface area contributed by atoms with Crippen LogP contribution in [-0.2, 0) is 4.79 Å². The molecule has 1 rings (SSSR count). The molecule has 1 unspecified atom stereocenters. The maximum atomic E-state index is 11.9. The highest BCUT2D eigenvalue weighted by molar-refractivity contribution is 5.75. The van der Waals surface area contributed by atoms with Gasteiger partial charge in [0.25, 0.3) is 0 Å². The summed E-state index contributed by atoms with van der Waals surface area (Å²) in [6.45, 7) is 5.85. The lowest BCUT2D eigenvalue weighted by Gasteiger charge is -2.18. The number of carbonyl (C=O) groups is 1. The van der Waals surface area contributed by atoms with Crippen LogP contribution in [0.3, 0.4) is 0 Å². The van der Waals surface area contributed by atoms with E-state index in [9.17, 15) is 4.79 Å². The fourth-order valence-electron chi connectivity index (χ4n) is 1.74. The second kappa shape index (κ2) is 8.59. The summed E-state index contributed by atoms with van der Waals surface area (Å²) in [6, 6.07) is 7.91. The Morgan fingerprint density at radius 1 is 1.35 bits per heavy atom. The van der Waals surface area contributed by atoms with Crippen LogP contribution < -0.4 is 10.5 Å². The van der Waals surface area contributed by atoms with Gasteiger partial charge < -0.3 is 15.4 Å².